The summed E-state index contributed by atoms with van der Waals surface area (Å²) in [5.41, 5.74) is 1.10. The van der Waals surface area contributed by atoms with Crippen molar-refractivity contribution < 1.29 is 9.59 Å². The van der Waals surface area contributed by atoms with Crippen LogP contribution in [0.15, 0.2) is 11.6 Å². The van der Waals surface area contributed by atoms with Gasteiger partial charge in [-0.1, -0.05) is 13.0 Å². The molecule has 0 unspecified atom stereocenters. The third kappa shape index (κ3) is 2.98. The van der Waals surface area contributed by atoms with E-state index in [0.29, 0.717) is 19.4 Å². The molecule has 0 N–H and O–H groups in total. The van der Waals surface area contributed by atoms with Crippen molar-refractivity contribution in [1.29, 1.82) is 0 Å². The molecule has 1 heterocycles. The minimum absolute atomic E-state index is 0.0968. The van der Waals surface area contributed by atoms with Crippen LogP contribution in [0.25, 0.3) is 0 Å². The van der Waals surface area contributed by atoms with Gasteiger partial charge in [0.1, 0.15) is 5.78 Å². The van der Waals surface area contributed by atoms with Crippen molar-refractivity contribution in [3.8, 4) is 0 Å². The Morgan fingerprint density at radius 3 is 2.79 bits per heavy atom. The van der Waals surface area contributed by atoms with Gasteiger partial charge in [-0.2, -0.15) is 0 Å². The number of carbonyl (C=O) groups is 2. The van der Waals surface area contributed by atoms with Gasteiger partial charge < -0.3 is 4.90 Å². The predicted molar refractivity (Wildman–Crippen MR) is 54.9 cm³/mol. The molecule has 1 aliphatic rings. The summed E-state index contributed by atoms with van der Waals surface area (Å²) < 4.78 is 0. The van der Waals surface area contributed by atoms with Crippen LogP contribution >= 0.6 is 0 Å². The number of Topliss-reactive ketones (excluding diaryl/α,β-unsaturated/α-hetero) is 1. The zero-order valence-electron chi connectivity index (χ0n) is 8.88. The molecule has 0 saturated carbocycles. The SMILES string of the molecule is CCC(=O)CC1=CCCN(C(C)=O)C1. The van der Waals surface area contributed by atoms with Crippen LogP contribution in [0.5, 0.6) is 0 Å². The molecular formula is C11H17NO2. The Morgan fingerprint density at radius 2 is 2.21 bits per heavy atom. The van der Waals surface area contributed by atoms with Crippen LogP contribution in [0.1, 0.15) is 33.1 Å². The highest BCUT2D eigenvalue weighted by Crippen LogP contribution is 2.13. The van der Waals surface area contributed by atoms with Crippen LogP contribution in [-0.4, -0.2) is 29.7 Å². The highest BCUT2D eigenvalue weighted by Gasteiger charge is 2.15. The first kappa shape index (κ1) is 11.0. The van der Waals surface area contributed by atoms with E-state index in [1.165, 1.54) is 0 Å². The number of hydrogen-bond donors (Lipinski definition) is 0. The van der Waals surface area contributed by atoms with Gasteiger partial charge in [0.15, 0.2) is 0 Å². The summed E-state index contributed by atoms with van der Waals surface area (Å²) in [7, 11) is 0. The predicted octanol–water partition coefficient (Wildman–Crippen LogP) is 1.53. The molecule has 78 valence electrons. The van der Waals surface area contributed by atoms with E-state index in [-0.39, 0.29) is 11.7 Å². The highest BCUT2D eigenvalue weighted by atomic mass is 16.2. The summed E-state index contributed by atoms with van der Waals surface area (Å²) in [6.45, 7) is 4.87. The molecule has 0 radical (unpaired) electrons. The van der Waals surface area contributed by atoms with Crippen LogP contribution in [-0.2, 0) is 9.59 Å². The molecule has 0 atom stereocenters. The van der Waals surface area contributed by atoms with Crippen molar-refractivity contribution in [2.75, 3.05) is 13.1 Å². The van der Waals surface area contributed by atoms with Crippen LogP contribution in [0.2, 0.25) is 0 Å². The second-order valence-electron chi connectivity index (χ2n) is 3.66. The average Bonchev–Trinajstić information content (AvgIpc) is 2.18. The maximum atomic E-state index is 11.2. The summed E-state index contributed by atoms with van der Waals surface area (Å²) in [6.07, 6.45) is 4.07. The monoisotopic (exact) mass is 195 g/mol. The van der Waals surface area contributed by atoms with Crippen molar-refractivity contribution in [1.82, 2.24) is 4.90 Å². The van der Waals surface area contributed by atoms with E-state index < -0.39 is 0 Å². The molecule has 1 rings (SSSR count). The van der Waals surface area contributed by atoms with Gasteiger partial charge >= 0.3 is 0 Å². The zero-order chi connectivity index (χ0) is 10.6. The fourth-order valence-electron chi connectivity index (χ4n) is 1.59. The molecule has 0 saturated heterocycles. The first-order chi connectivity index (χ1) is 6.63. The lowest BCUT2D eigenvalue weighted by Crippen LogP contribution is -2.34. The van der Waals surface area contributed by atoms with E-state index in [2.05, 4.69) is 6.08 Å². The molecule has 3 heteroatoms. The summed E-state index contributed by atoms with van der Waals surface area (Å²) in [5.74, 6) is 0.348. The number of rotatable bonds is 3. The normalized spacial score (nSPS) is 16.4. The molecular weight excluding hydrogens is 178 g/mol. The van der Waals surface area contributed by atoms with Gasteiger partial charge in [-0.3, -0.25) is 9.59 Å². The Kier molecular flexibility index (Phi) is 3.86. The zero-order valence-corrected chi connectivity index (χ0v) is 8.88. The van der Waals surface area contributed by atoms with Crippen LogP contribution in [0.3, 0.4) is 0 Å². The molecule has 0 bridgehead atoms. The largest absolute Gasteiger partial charge is 0.339 e. The lowest BCUT2D eigenvalue weighted by atomic mass is 10.0. The molecule has 3 nitrogen and oxygen atoms in total. The summed E-state index contributed by atoms with van der Waals surface area (Å²) in [4.78, 5) is 24.1. The maximum absolute atomic E-state index is 11.2. The summed E-state index contributed by atoms with van der Waals surface area (Å²) >= 11 is 0. The topological polar surface area (TPSA) is 37.4 Å². The molecule has 0 aromatic rings. The van der Waals surface area contributed by atoms with Crippen molar-refractivity contribution in [2.24, 2.45) is 0 Å². The molecule has 0 fully saturated rings. The lowest BCUT2D eigenvalue weighted by Gasteiger charge is -2.26. The minimum Gasteiger partial charge on any atom is -0.339 e. The van der Waals surface area contributed by atoms with Crippen molar-refractivity contribution in [3.05, 3.63) is 11.6 Å². The number of amides is 1. The maximum Gasteiger partial charge on any atom is 0.219 e. The third-order valence-corrected chi connectivity index (χ3v) is 2.49. The second-order valence-corrected chi connectivity index (χ2v) is 3.66. The molecule has 14 heavy (non-hydrogen) atoms. The van der Waals surface area contributed by atoms with Crippen molar-refractivity contribution in [2.45, 2.75) is 33.1 Å². The number of ketones is 1. The van der Waals surface area contributed by atoms with Crippen LogP contribution < -0.4 is 0 Å². The van der Waals surface area contributed by atoms with Crippen LogP contribution in [0.4, 0.5) is 0 Å². The van der Waals surface area contributed by atoms with Gasteiger partial charge in [-0.25, -0.2) is 0 Å². The van der Waals surface area contributed by atoms with E-state index in [1.54, 1.807) is 11.8 Å². The Bertz CT molecular complexity index is 268. The van der Waals surface area contributed by atoms with Gasteiger partial charge in [-0.05, 0) is 12.0 Å². The summed E-state index contributed by atoms with van der Waals surface area (Å²) in [6, 6.07) is 0. The van der Waals surface area contributed by atoms with Gasteiger partial charge in [0.25, 0.3) is 0 Å². The Hall–Kier alpha value is -1.12. The van der Waals surface area contributed by atoms with E-state index in [0.717, 1.165) is 18.5 Å². The van der Waals surface area contributed by atoms with Crippen LogP contribution in [0, 0.1) is 0 Å². The molecule has 0 spiro atoms. The number of carbonyl (C=O) groups excluding carboxylic acids is 2. The van der Waals surface area contributed by atoms with Gasteiger partial charge in [0.05, 0.1) is 0 Å². The lowest BCUT2D eigenvalue weighted by molar-refractivity contribution is -0.129. The Balaban J connectivity index is 2.51. The first-order valence-corrected chi connectivity index (χ1v) is 5.08. The molecule has 1 aliphatic heterocycles. The van der Waals surface area contributed by atoms with E-state index >= 15 is 0 Å². The van der Waals surface area contributed by atoms with E-state index in [9.17, 15) is 9.59 Å². The van der Waals surface area contributed by atoms with Crippen molar-refractivity contribution >= 4 is 11.7 Å². The minimum atomic E-state index is 0.0968. The van der Waals surface area contributed by atoms with E-state index in [4.69, 9.17) is 0 Å². The second kappa shape index (κ2) is 4.94. The molecule has 0 aromatic carbocycles. The van der Waals surface area contributed by atoms with Gasteiger partial charge in [-0.15, -0.1) is 0 Å². The first-order valence-electron chi connectivity index (χ1n) is 5.08. The highest BCUT2D eigenvalue weighted by molar-refractivity contribution is 5.81. The summed E-state index contributed by atoms with van der Waals surface area (Å²) in [5, 5.41) is 0. The Morgan fingerprint density at radius 1 is 1.50 bits per heavy atom. The molecule has 1 amide bonds. The third-order valence-electron chi connectivity index (χ3n) is 2.49. The number of hydrogen-bond acceptors (Lipinski definition) is 2. The van der Waals surface area contributed by atoms with E-state index in [1.807, 2.05) is 6.92 Å². The average molecular weight is 195 g/mol. The number of nitrogens with zero attached hydrogens (tertiary/aromatic N) is 1. The van der Waals surface area contributed by atoms with Gasteiger partial charge in [0.2, 0.25) is 5.91 Å². The standard InChI is InChI=1S/C11H17NO2/c1-3-11(14)7-10-5-4-6-12(8-10)9(2)13/h5H,3-4,6-8H2,1-2H3. The van der Waals surface area contributed by atoms with Gasteiger partial charge in [0, 0.05) is 32.9 Å². The Labute approximate surface area is 84.8 Å². The van der Waals surface area contributed by atoms with Crippen molar-refractivity contribution in [3.63, 3.8) is 0 Å². The smallest absolute Gasteiger partial charge is 0.219 e. The fourth-order valence-corrected chi connectivity index (χ4v) is 1.59. The fraction of sp³-hybridized carbons (Fsp3) is 0.636. The molecule has 0 aliphatic carbocycles. The quantitative estimate of drug-likeness (QED) is 0.640. The molecule has 0 aromatic heterocycles.